The number of hydrogen-bond donors (Lipinski definition) is 1. The minimum atomic E-state index is -4.27. The second kappa shape index (κ2) is 4.38. The number of rotatable bonds is 3. The lowest BCUT2D eigenvalue weighted by Crippen LogP contribution is -2.45. The van der Waals surface area contributed by atoms with E-state index in [1.807, 2.05) is 0 Å². The molecule has 1 nitrogen and oxygen atoms in total. The lowest BCUT2D eigenvalue weighted by molar-refractivity contribution is -0.167. The molecule has 1 aliphatic carbocycles. The molecule has 1 aromatic carbocycles. The fourth-order valence-electron chi connectivity index (χ4n) is 1.91. The quantitative estimate of drug-likeness (QED) is 0.818. The van der Waals surface area contributed by atoms with Crippen molar-refractivity contribution in [3.63, 3.8) is 0 Å². The van der Waals surface area contributed by atoms with Crippen LogP contribution in [0.25, 0.3) is 0 Å². The smallest absolute Gasteiger partial charge is 0.297 e. The van der Waals surface area contributed by atoms with E-state index in [0.717, 1.165) is 6.07 Å². The number of hydrogen-bond acceptors (Lipinski definition) is 1. The summed E-state index contributed by atoms with van der Waals surface area (Å²) in [5.74, 6) is -0.625. The SMILES string of the molecule is CC(NC1(C(F)(F)F)CC1)c1ccc(Cl)c(F)c1. The van der Waals surface area contributed by atoms with Crippen molar-refractivity contribution < 1.29 is 17.6 Å². The van der Waals surface area contributed by atoms with Gasteiger partial charge in [0, 0.05) is 6.04 Å². The third kappa shape index (κ3) is 2.47. The molecule has 0 heterocycles. The molecule has 6 heteroatoms. The number of benzene rings is 1. The van der Waals surface area contributed by atoms with Crippen LogP contribution in [0.2, 0.25) is 5.02 Å². The van der Waals surface area contributed by atoms with Crippen molar-refractivity contribution in [1.82, 2.24) is 5.32 Å². The van der Waals surface area contributed by atoms with Crippen LogP contribution in [0, 0.1) is 5.82 Å². The van der Waals surface area contributed by atoms with Gasteiger partial charge in [-0.05, 0) is 37.5 Å². The van der Waals surface area contributed by atoms with Crippen LogP contribution in [0.5, 0.6) is 0 Å². The second-order valence-electron chi connectivity index (χ2n) is 4.62. The zero-order valence-corrected chi connectivity index (χ0v) is 10.4. The van der Waals surface area contributed by atoms with Crippen molar-refractivity contribution >= 4 is 11.6 Å². The first-order valence-corrected chi connectivity index (χ1v) is 5.92. The Morgan fingerprint density at radius 2 is 1.94 bits per heavy atom. The highest BCUT2D eigenvalue weighted by molar-refractivity contribution is 6.30. The van der Waals surface area contributed by atoms with Crippen LogP contribution in [0.15, 0.2) is 18.2 Å². The van der Waals surface area contributed by atoms with Gasteiger partial charge < -0.3 is 0 Å². The van der Waals surface area contributed by atoms with Crippen molar-refractivity contribution in [3.05, 3.63) is 34.6 Å². The molecule has 1 unspecified atom stereocenters. The van der Waals surface area contributed by atoms with Gasteiger partial charge in [0.1, 0.15) is 11.4 Å². The van der Waals surface area contributed by atoms with Gasteiger partial charge in [-0.25, -0.2) is 4.39 Å². The predicted octanol–water partition coefficient (Wildman–Crippen LogP) is 4.22. The first kappa shape index (κ1) is 13.6. The summed E-state index contributed by atoms with van der Waals surface area (Å²) >= 11 is 5.53. The fourth-order valence-corrected chi connectivity index (χ4v) is 2.03. The summed E-state index contributed by atoms with van der Waals surface area (Å²) in [4.78, 5) is 0. The summed E-state index contributed by atoms with van der Waals surface area (Å²) in [6.45, 7) is 1.58. The maximum atomic E-state index is 13.2. The first-order valence-electron chi connectivity index (χ1n) is 5.54. The second-order valence-corrected chi connectivity index (χ2v) is 5.03. The normalized spacial score (nSPS) is 19.7. The zero-order valence-electron chi connectivity index (χ0n) is 9.61. The highest BCUT2D eigenvalue weighted by atomic mass is 35.5. The molecule has 1 atom stereocenters. The molecule has 2 rings (SSSR count). The summed E-state index contributed by atoms with van der Waals surface area (Å²) in [6.07, 6.45) is -4.14. The van der Waals surface area contributed by atoms with Gasteiger partial charge in [0.15, 0.2) is 0 Å². The maximum Gasteiger partial charge on any atom is 0.406 e. The molecule has 0 radical (unpaired) electrons. The number of alkyl halides is 3. The van der Waals surface area contributed by atoms with Gasteiger partial charge in [-0.1, -0.05) is 17.7 Å². The molecule has 0 saturated heterocycles. The summed E-state index contributed by atoms with van der Waals surface area (Å²) in [7, 11) is 0. The molecular weight excluding hydrogens is 270 g/mol. The van der Waals surface area contributed by atoms with Crippen LogP contribution in [0.3, 0.4) is 0 Å². The molecule has 0 amide bonds. The summed E-state index contributed by atoms with van der Waals surface area (Å²) in [5.41, 5.74) is -1.35. The van der Waals surface area contributed by atoms with Gasteiger partial charge in [-0.2, -0.15) is 13.2 Å². The molecule has 18 heavy (non-hydrogen) atoms. The Morgan fingerprint density at radius 1 is 1.33 bits per heavy atom. The van der Waals surface area contributed by atoms with Gasteiger partial charge in [0.05, 0.1) is 5.02 Å². The van der Waals surface area contributed by atoms with Gasteiger partial charge in [0.25, 0.3) is 0 Å². The van der Waals surface area contributed by atoms with Gasteiger partial charge in [0.2, 0.25) is 0 Å². The Bertz CT molecular complexity index is 454. The standard InChI is InChI=1S/C12H12ClF4N/c1-7(8-2-3-9(13)10(14)6-8)18-11(4-5-11)12(15,16)17/h2-3,6-7,18H,4-5H2,1H3. The highest BCUT2D eigenvalue weighted by Gasteiger charge is 2.63. The lowest BCUT2D eigenvalue weighted by Gasteiger charge is -2.25. The summed E-state index contributed by atoms with van der Waals surface area (Å²) in [6, 6.07) is 3.44. The lowest BCUT2D eigenvalue weighted by atomic mass is 10.1. The minimum absolute atomic E-state index is 0.0390. The Labute approximate surface area is 107 Å². The van der Waals surface area contributed by atoms with Crippen LogP contribution >= 0.6 is 11.6 Å². The van der Waals surface area contributed by atoms with Gasteiger partial charge >= 0.3 is 6.18 Å². The molecule has 0 bridgehead atoms. The average Bonchev–Trinajstić information content (AvgIpc) is 3.02. The molecule has 100 valence electrons. The van der Waals surface area contributed by atoms with Crippen molar-refractivity contribution in [3.8, 4) is 0 Å². The Morgan fingerprint density at radius 3 is 2.39 bits per heavy atom. The van der Waals surface area contributed by atoms with Gasteiger partial charge in [-0.3, -0.25) is 5.32 Å². The van der Waals surface area contributed by atoms with Crippen molar-refractivity contribution in [2.24, 2.45) is 0 Å². The van der Waals surface area contributed by atoms with E-state index in [1.54, 1.807) is 6.92 Å². The molecule has 0 aromatic heterocycles. The molecule has 1 aliphatic rings. The summed E-state index contributed by atoms with van der Waals surface area (Å²) in [5, 5.41) is 2.50. The minimum Gasteiger partial charge on any atom is -0.297 e. The number of halogens is 5. The van der Waals surface area contributed by atoms with Crippen LogP contribution < -0.4 is 5.32 Å². The average molecular weight is 282 g/mol. The fraction of sp³-hybridized carbons (Fsp3) is 0.500. The number of nitrogens with one attached hydrogen (secondary N) is 1. The van der Waals surface area contributed by atoms with Crippen LogP contribution in [0.4, 0.5) is 17.6 Å². The van der Waals surface area contributed by atoms with Crippen LogP contribution in [-0.4, -0.2) is 11.7 Å². The molecule has 0 spiro atoms. The van der Waals surface area contributed by atoms with E-state index in [2.05, 4.69) is 5.32 Å². The van der Waals surface area contributed by atoms with E-state index in [1.165, 1.54) is 12.1 Å². The van der Waals surface area contributed by atoms with E-state index < -0.39 is 23.6 Å². The van der Waals surface area contributed by atoms with E-state index in [0.29, 0.717) is 5.56 Å². The maximum absolute atomic E-state index is 13.2. The molecule has 1 fully saturated rings. The largest absolute Gasteiger partial charge is 0.406 e. The molecule has 1 N–H and O–H groups in total. The Hall–Kier alpha value is -0.810. The van der Waals surface area contributed by atoms with Crippen molar-refractivity contribution in [1.29, 1.82) is 0 Å². The first-order chi connectivity index (χ1) is 8.25. The Balaban J connectivity index is 2.13. The third-order valence-corrected chi connectivity index (χ3v) is 3.54. The van der Waals surface area contributed by atoms with Crippen molar-refractivity contribution in [2.75, 3.05) is 0 Å². The van der Waals surface area contributed by atoms with E-state index in [4.69, 9.17) is 11.6 Å². The van der Waals surface area contributed by atoms with Gasteiger partial charge in [-0.15, -0.1) is 0 Å². The van der Waals surface area contributed by atoms with Crippen LogP contribution in [0.1, 0.15) is 31.4 Å². The van der Waals surface area contributed by atoms with Crippen molar-refractivity contribution in [2.45, 2.75) is 37.5 Å². The molecular formula is C12H12ClF4N. The van der Waals surface area contributed by atoms with Crippen LogP contribution in [-0.2, 0) is 0 Å². The predicted molar refractivity (Wildman–Crippen MR) is 61.0 cm³/mol. The topological polar surface area (TPSA) is 12.0 Å². The summed E-state index contributed by atoms with van der Waals surface area (Å²) < 4.78 is 51.5. The Kier molecular flexibility index (Phi) is 3.32. The molecule has 1 aromatic rings. The monoisotopic (exact) mass is 281 g/mol. The molecule has 0 aliphatic heterocycles. The zero-order chi connectivity index (χ0) is 13.6. The molecule has 1 saturated carbocycles. The van der Waals surface area contributed by atoms with E-state index in [-0.39, 0.29) is 17.9 Å². The highest BCUT2D eigenvalue weighted by Crippen LogP contribution is 2.50. The van der Waals surface area contributed by atoms with E-state index in [9.17, 15) is 17.6 Å². The third-order valence-electron chi connectivity index (χ3n) is 3.23. The van der Waals surface area contributed by atoms with E-state index >= 15 is 0 Å².